The lowest BCUT2D eigenvalue weighted by Gasteiger charge is -2.16. The van der Waals surface area contributed by atoms with E-state index in [1.54, 1.807) is 42.5 Å². The molecule has 7 nitrogen and oxygen atoms in total. The Morgan fingerprint density at radius 3 is 2.07 bits per heavy atom. The van der Waals surface area contributed by atoms with Gasteiger partial charge in [-0.3, -0.25) is 9.59 Å². The van der Waals surface area contributed by atoms with E-state index in [9.17, 15) is 9.59 Å². The van der Waals surface area contributed by atoms with Crippen LogP contribution in [-0.2, 0) is 0 Å². The number of nitrogens with one attached hydrogen (secondary N) is 2. The summed E-state index contributed by atoms with van der Waals surface area (Å²) in [4.78, 5) is 29.1. The maximum atomic E-state index is 12.7. The molecule has 0 saturated carbocycles. The zero-order valence-corrected chi connectivity index (χ0v) is 18.4. The van der Waals surface area contributed by atoms with Crippen LogP contribution in [0.5, 0.6) is 11.5 Å². The van der Waals surface area contributed by atoms with E-state index in [-0.39, 0.29) is 16.6 Å². The van der Waals surface area contributed by atoms with Crippen molar-refractivity contribution in [2.24, 2.45) is 0 Å². The molecule has 3 aromatic rings. The van der Waals surface area contributed by atoms with Gasteiger partial charge in [0.25, 0.3) is 11.8 Å². The molecule has 0 saturated heterocycles. The molecule has 0 fully saturated rings. The topological polar surface area (TPSA) is 89.6 Å². The van der Waals surface area contributed by atoms with Crippen LogP contribution in [0.25, 0.3) is 0 Å². The third-order valence-corrected chi connectivity index (χ3v) is 4.84. The number of ether oxygens (including phenoxy) is 2. The SMILES string of the molecule is COc1cc(NC(=O)c2cc(Br)cnc2Cl)c(OC)cc1NC(=O)c1ccccc1. The second-order valence-corrected chi connectivity index (χ2v) is 7.29. The van der Waals surface area contributed by atoms with Crippen LogP contribution in [0.1, 0.15) is 20.7 Å². The normalized spacial score (nSPS) is 10.3. The first kappa shape index (κ1) is 21.6. The van der Waals surface area contributed by atoms with E-state index in [0.29, 0.717) is 32.9 Å². The van der Waals surface area contributed by atoms with E-state index in [1.165, 1.54) is 20.4 Å². The molecular formula is C21H17BrClN3O4. The molecule has 0 aliphatic carbocycles. The summed E-state index contributed by atoms with van der Waals surface area (Å²) in [6, 6.07) is 13.4. The van der Waals surface area contributed by atoms with E-state index < -0.39 is 5.91 Å². The third-order valence-electron chi connectivity index (χ3n) is 4.10. The molecule has 2 amide bonds. The van der Waals surface area contributed by atoms with Crippen LogP contribution in [0.2, 0.25) is 5.15 Å². The van der Waals surface area contributed by atoms with Crippen LogP contribution in [0, 0.1) is 0 Å². The Balaban J connectivity index is 1.90. The Bertz CT molecular complexity index is 1090. The number of carbonyl (C=O) groups excluding carboxylic acids is 2. The number of nitrogens with zero attached hydrogens (tertiary/aromatic N) is 1. The summed E-state index contributed by atoms with van der Waals surface area (Å²) in [6.45, 7) is 0. The minimum atomic E-state index is -0.477. The fourth-order valence-electron chi connectivity index (χ4n) is 2.65. The zero-order valence-electron chi connectivity index (χ0n) is 16.0. The van der Waals surface area contributed by atoms with Crippen molar-refractivity contribution < 1.29 is 19.1 Å². The van der Waals surface area contributed by atoms with Crippen LogP contribution in [0.3, 0.4) is 0 Å². The average molecular weight is 491 g/mol. The predicted octanol–water partition coefficient (Wildman–Crippen LogP) is 5.02. The summed E-state index contributed by atoms with van der Waals surface area (Å²) in [5.74, 6) is -0.115. The van der Waals surface area contributed by atoms with Crippen molar-refractivity contribution in [3.05, 3.63) is 75.5 Å². The van der Waals surface area contributed by atoms with Crippen molar-refractivity contribution in [1.82, 2.24) is 4.98 Å². The van der Waals surface area contributed by atoms with Gasteiger partial charge in [-0.15, -0.1) is 0 Å². The van der Waals surface area contributed by atoms with Crippen LogP contribution >= 0.6 is 27.5 Å². The van der Waals surface area contributed by atoms with Gasteiger partial charge < -0.3 is 20.1 Å². The highest BCUT2D eigenvalue weighted by molar-refractivity contribution is 9.10. The van der Waals surface area contributed by atoms with Gasteiger partial charge in [-0.1, -0.05) is 29.8 Å². The highest BCUT2D eigenvalue weighted by Gasteiger charge is 2.18. The van der Waals surface area contributed by atoms with Gasteiger partial charge in [-0.05, 0) is 34.1 Å². The fourth-order valence-corrected chi connectivity index (χ4v) is 3.17. The van der Waals surface area contributed by atoms with Crippen molar-refractivity contribution in [2.45, 2.75) is 0 Å². The van der Waals surface area contributed by atoms with Gasteiger partial charge in [0.05, 0.1) is 31.2 Å². The Morgan fingerprint density at radius 2 is 1.50 bits per heavy atom. The third kappa shape index (κ3) is 4.90. The molecule has 1 aromatic heterocycles. The number of pyridine rings is 1. The van der Waals surface area contributed by atoms with E-state index in [0.717, 1.165) is 0 Å². The molecular weight excluding hydrogens is 474 g/mol. The number of methoxy groups -OCH3 is 2. The summed E-state index contributed by atoms with van der Waals surface area (Å²) in [7, 11) is 2.91. The average Bonchev–Trinajstić information content (AvgIpc) is 2.76. The summed E-state index contributed by atoms with van der Waals surface area (Å²) in [6.07, 6.45) is 1.49. The summed E-state index contributed by atoms with van der Waals surface area (Å²) in [5.41, 5.74) is 1.41. The summed E-state index contributed by atoms with van der Waals surface area (Å²) in [5, 5.41) is 5.58. The summed E-state index contributed by atoms with van der Waals surface area (Å²) >= 11 is 9.30. The molecule has 1 heterocycles. The molecule has 154 valence electrons. The maximum Gasteiger partial charge on any atom is 0.258 e. The van der Waals surface area contributed by atoms with Crippen molar-refractivity contribution in [3.63, 3.8) is 0 Å². The van der Waals surface area contributed by atoms with Gasteiger partial charge in [0.1, 0.15) is 16.7 Å². The molecule has 9 heteroatoms. The first-order valence-corrected chi connectivity index (χ1v) is 9.85. The van der Waals surface area contributed by atoms with Gasteiger partial charge in [-0.25, -0.2) is 4.98 Å². The van der Waals surface area contributed by atoms with Crippen molar-refractivity contribution >= 4 is 50.7 Å². The molecule has 0 radical (unpaired) electrons. The number of anilines is 2. The highest BCUT2D eigenvalue weighted by atomic mass is 79.9. The molecule has 2 aromatic carbocycles. The van der Waals surface area contributed by atoms with Crippen molar-refractivity contribution in [2.75, 3.05) is 24.9 Å². The Kier molecular flexibility index (Phi) is 6.91. The standard InChI is InChI=1S/C21H17BrClN3O4/c1-29-17-10-16(26-21(28)14-8-13(22)11-24-19(14)23)18(30-2)9-15(17)25-20(27)12-6-4-3-5-7-12/h3-11H,1-2H3,(H,25,27)(H,26,28). The second kappa shape index (κ2) is 9.60. The first-order valence-electron chi connectivity index (χ1n) is 8.67. The van der Waals surface area contributed by atoms with Crippen molar-refractivity contribution in [3.8, 4) is 11.5 Å². The monoisotopic (exact) mass is 489 g/mol. The number of benzene rings is 2. The minimum Gasteiger partial charge on any atom is -0.494 e. The van der Waals surface area contributed by atoms with Crippen LogP contribution in [-0.4, -0.2) is 31.0 Å². The molecule has 2 N–H and O–H groups in total. The fraction of sp³-hybridized carbons (Fsp3) is 0.0952. The van der Waals surface area contributed by atoms with Crippen LogP contribution in [0.4, 0.5) is 11.4 Å². The largest absolute Gasteiger partial charge is 0.494 e. The molecule has 0 spiro atoms. The van der Waals surface area contributed by atoms with E-state index >= 15 is 0 Å². The maximum absolute atomic E-state index is 12.7. The predicted molar refractivity (Wildman–Crippen MR) is 119 cm³/mol. The van der Waals surface area contributed by atoms with Gasteiger partial charge >= 0.3 is 0 Å². The van der Waals surface area contributed by atoms with Gasteiger partial charge in [0.2, 0.25) is 0 Å². The first-order chi connectivity index (χ1) is 14.4. The van der Waals surface area contributed by atoms with Crippen LogP contribution in [0.15, 0.2) is 59.2 Å². The number of halogens is 2. The lowest BCUT2D eigenvalue weighted by molar-refractivity contribution is 0.101. The van der Waals surface area contributed by atoms with E-state index in [4.69, 9.17) is 21.1 Å². The Hall–Kier alpha value is -3.10. The lowest BCUT2D eigenvalue weighted by atomic mass is 10.2. The van der Waals surface area contributed by atoms with E-state index in [2.05, 4.69) is 31.5 Å². The van der Waals surface area contributed by atoms with Gasteiger partial charge in [0.15, 0.2) is 0 Å². The number of hydrogen-bond acceptors (Lipinski definition) is 5. The molecule has 0 bridgehead atoms. The zero-order chi connectivity index (χ0) is 21.7. The van der Waals surface area contributed by atoms with Gasteiger partial charge in [0, 0.05) is 28.4 Å². The molecule has 0 atom stereocenters. The molecule has 3 rings (SSSR count). The molecule has 0 aliphatic heterocycles. The highest BCUT2D eigenvalue weighted by Crippen LogP contribution is 2.37. The second-order valence-electron chi connectivity index (χ2n) is 6.02. The molecule has 0 aliphatic rings. The number of hydrogen-bond donors (Lipinski definition) is 2. The van der Waals surface area contributed by atoms with Crippen molar-refractivity contribution in [1.29, 1.82) is 0 Å². The smallest absolute Gasteiger partial charge is 0.258 e. The molecule has 0 unspecified atom stereocenters. The van der Waals surface area contributed by atoms with Crippen LogP contribution < -0.4 is 20.1 Å². The number of amides is 2. The van der Waals surface area contributed by atoms with E-state index in [1.807, 2.05) is 6.07 Å². The number of aromatic nitrogens is 1. The quantitative estimate of drug-likeness (QED) is 0.474. The Labute approximate surface area is 186 Å². The number of rotatable bonds is 6. The number of carbonyl (C=O) groups is 2. The van der Waals surface area contributed by atoms with Gasteiger partial charge in [-0.2, -0.15) is 0 Å². The minimum absolute atomic E-state index is 0.0633. The Morgan fingerprint density at radius 1 is 0.933 bits per heavy atom. The lowest BCUT2D eigenvalue weighted by Crippen LogP contribution is -2.15. The molecule has 30 heavy (non-hydrogen) atoms. The summed E-state index contributed by atoms with van der Waals surface area (Å²) < 4.78 is 11.4.